The summed E-state index contributed by atoms with van der Waals surface area (Å²) >= 11 is 0. The molecule has 1 aliphatic rings. The number of nitrogens with zero attached hydrogens (tertiary/aromatic N) is 1. The van der Waals surface area contributed by atoms with Crippen LogP contribution in [0.2, 0.25) is 0 Å². The number of benzene rings is 6. The number of hydrogen-bond donors (Lipinski definition) is 0. The molecule has 3 heteroatoms. The van der Waals surface area contributed by atoms with Crippen molar-refractivity contribution in [2.75, 3.05) is 4.90 Å². The van der Waals surface area contributed by atoms with E-state index in [1.165, 1.54) is 40.5 Å². The van der Waals surface area contributed by atoms with Crippen LogP contribution in [-0.4, -0.2) is 0 Å². The Balaban J connectivity index is 1.22. The van der Waals surface area contributed by atoms with Crippen LogP contribution in [0.4, 0.5) is 17.1 Å². The monoisotopic (exact) mass is 611 g/mol. The van der Waals surface area contributed by atoms with E-state index in [0.29, 0.717) is 0 Å². The summed E-state index contributed by atoms with van der Waals surface area (Å²) in [5, 5.41) is 4.57. The van der Waals surface area contributed by atoms with E-state index in [1.54, 1.807) is 0 Å². The normalized spacial score (nSPS) is 15.4. The van der Waals surface area contributed by atoms with Gasteiger partial charge in [0.05, 0.1) is 0 Å². The minimum Gasteiger partial charge on any atom is -0.456 e. The molecular weight excluding hydrogens is 574 g/mol. The zero-order chi connectivity index (χ0) is 31.9. The zero-order valence-corrected chi connectivity index (χ0v) is 27.3. The van der Waals surface area contributed by atoms with Gasteiger partial charge in [-0.05, 0) is 107 Å². The topological polar surface area (TPSA) is 29.5 Å². The van der Waals surface area contributed by atoms with E-state index < -0.39 is 0 Å². The fourth-order valence-corrected chi connectivity index (χ4v) is 7.70. The first-order valence-electron chi connectivity index (χ1n) is 16.6. The van der Waals surface area contributed by atoms with Crippen molar-refractivity contribution < 1.29 is 8.83 Å². The third kappa shape index (κ3) is 4.48. The van der Waals surface area contributed by atoms with Gasteiger partial charge in [0.15, 0.2) is 0 Å². The van der Waals surface area contributed by atoms with E-state index in [1.807, 2.05) is 12.1 Å². The predicted octanol–water partition coefficient (Wildman–Crippen LogP) is 13.0. The van der Waals surface area contributed by atoms with Crippen molar-refractivity contribution >= 4 is 60.9 Å². The van der Waals surface area contributed by atoms with Crippen LogP contribution >= 0.6 is 0 Å². The summed E-state index contributed by atoms with van der Waals surface area (Å²) in [5.41, 5.74) is 12.4. The summed E-state index contributed by atoms with van der Waals surface area (Å²) in [6.07, 6.45) is 2.37. The Bertz CT molecular complexity index is 2460. The molecule has 0 aliphatic heterocycles. The second-order valence-corrected chi connectivity index (χ2v) is 14.5. The molecule has 0 amide bonds. The first-order valence-corrected chi connectivity index (χ1v) is 16.6. The van der Waals surface area contributed by atoms with Gasteiger partial charge < -0.3 is 13.7 Å². The molecule has 0 spiro atoms. The average Bonchev–Trinajstić information content (AvgIpc) is 3.64. The molecule has 8 aromatic rings. The van der Waals surface area contributed by atoms with E-state index in [2.05, 4.69) is 148 Å². The van der Waals surface area contributed by atoms with Crippen LogP contribution in [0.25, 0.3) is 55.0 Å². The van der Waals surface area contributed by atoms with E-state index in [4.69, 9.17) is 8.83 Å². The fraction of sp³-hybridized carbons (Fsp3) is 0.182. The van der Waals surface area contributed by atoms with Crippen molar-refractivity contribution in [1.82, 2.24) is 0 Å². The van der Waals surface area contributed by atoms with Crippen LogP contribution < -0.4 is 4.90 Å². The summed E-state index contributed by atoms with van der Waals surface area (Å²) in [6, 6.07) is 45.5. The van der Waals surface area contributed by atoms with Gasteiger partial charge in [0.2, 0.25) is 0 Å². The van der Waals surface area contributed by atoms with Crippen molar-refractivity contribution in [3.05, 3.63) is 139 Å². The van der Waals surface area contributed by atoms with E-state index in [9.17, 15) is 0 Å². The lowest BCUT2D eigenvalue weighted by molar-refractivity contribution is 0.332. The Labute approximate surface area is 275 Å². The standard InChI is InChI=1S/C44H37NO2/c1-43(2)22-23-44(3,4)38-27-42-36(26-37(38)43)34-20-18-32(25-41(34)47-42)45(30-16-14-29(15-17-30)28-10-6-5-7-11-28)31-19-21-40-35(24-31)33-12-8-9-13-39(33)46-40/h5-21,24-27H,22-23H2,1-4H3. The van der Waals surface area contributed by atoms with Gasteiger partial charge >= 0.3 is 0 Å². The Hall–Kier alpha value is -5.28. The number of para-hydroxylation sites is 1. The van der Waals surface area contributed by atoms with E-state index >= 15 is 0 Å². The lowest BCUT2D eigenvalue weighted by Crippen LogP contribution is -2.33. The molecule has 230 valence electrons. The number of hydrogen-bond acceptors (Lipinski definition) is 3. The molecule has 47 heavy (non-hydrogen) atoms. The first kappa shape index (κ1) is 28.0. The molecule has 1 aliphatic carbocycles. The molecule has 0 radical (unpaired) electrons. The van der Waals surface area contributed by atoms with Gasteiger partial charge in [-0.3, -0.25) is 0 Å². The van der Waals surface area contributed by atoms with Gasteiger partial charge in [-0.1, -0.05) is 88.4 Å². The SMILES string of the molecule is CC1(C)CCC(C)(C)c2cc3c(cc21)oc1cc(N(c2ccc(-c4ccccc4)cc2)c2ccc4oc5ccccc5c4c2)ccc13. The quantitative estimate of drug-likeness (QED) is 0.198. The molecule has 0 unspecified atom stereocenters. The minimum absolute atomic E-state index is 0.127. The third-order valence-corrected chi connectivity index (χ3v) is 10.5. The summed E-state index contributed by atoms with van der Waals surface area (Å²) < 4.78 is 12.9. The van der Waals surface area contributed by atoms with Crippen LogP contribution in [0, 0.1) is 0 Å². The first-order chi connectivity index (χ1) is 22.7. The van der Waals surface area contributed by atoms with Crippen LogP contribution in [0.5, 0.6) is 0 Å². The highest BCUT2D eigenvalue weighted by molar-refractivity contribution is 6.08. The molecule has 0 atom stereocenters. The third-order valence-electron chi connectivity index (χ3n) is 10.5. The minimum atomic E-state index is 0.127. The predicted molar refractivity (Wildman–Crippen MR) is 196 cm³/mol. The van der Waals surface area contributed by atoms with Gasteiger partial charge in [0, 0.05) is 44.7 Å². The Morgan fingerprint density at radius 1 is 0.426 bits per heavy atom. The highest BCUT2D eigenvalue weighted by atomic mass is 16.3. The lowest BCUT2D eigenvalue weighted by atomic mass is 9.63. The second-order valence-electron chi connectivity index (χ2n) is 14.5. The zero-order valence-electron chi connectivity index (χ0n) is 27.3. The number of anilines is 3. The molecular formula is C44H37NO2. The molecule has 2 heterocycles. The Morgan fingerprint density at radius 3 is 1.74 bits per heavy atom. The van der Waals surface area contributed by atoms with Crippen LogP contribution in [0.15, 0.2) is 136 Å². The van der Waals surface area contributed by atoms with Crippen molar-refractivity contribution in [3.63, 3.8) is 0 Å². The van der Waals surface area contributed by atoms with Gasteiger partial charge in [-0.15, -0.1) is 0 Å². The Kier molecular flexibility index (Phi) is 6.02. The fourth-order valence-electron chi connectivity index (χ4n) is 7.70. The summed E-state index contributed by atoms with van der Waals surface area (Å²) in [5.74, 6) is 0. The summed E-state index contributed by atoms with van der Waals surface area (Å²) in [4.78, 5) is 2.32. The largest absolute Gasteiger partial charge is 0.456 e. The molecule has 0 bridgehead atoms. The van der Waals surface area contributed by atoms with Gasteiger partial charge in [-0.2, -0.15) is 0 Å². The molecule has 0 saturated heterocycles. The molecule has 0 N–H and O–H groups in total. The average molecular weight is 612 g/mol. The maximum absolute atomic E-state index is 6.69. The molecule has 0 fully saturated rings. The second kappa shape index (κ2) is 10.1. The lowest BCUT2D eigenvalue weighted by Gasteiger charge is -2.41. The van der Waals surface area contributed by atoms with Crippen LogP contribution in [0.3, 0.4) is 0 Å². The summed E-state index contributed by atoms with van der Waals surface area (Å²) in [7, 11) is 0. The van der Waals surface area contributed by atoms with Crippen LogP contribution in [0.1, 0.15) is 51.7 Å². The van der Waals surface area contributed by atoms with Crippen LogP contribution in [-0.2, 0) is 10.8 Å². The summed E-state index contributed by atoms with van der Waals surface area (Å²) in [6.45, 7) is 9.51. The molecule has 3 nitrogen and oxygen atoms in total. The molecule has 0 saturated carbocycles. The van der Waals surface area contributed by atoms with Crippen molar-refractivity contribution in [3.8, 4) is 11.1 Å². The smallest absolute Gasteiger partial charge is 0.137 e. The van der Waals surface area contributed by atoms with Crippen molar-refractivity contribution in [2.24, 2.45) is 0 Å². The molecule has 9 rings (SSSR count). The number of fused-ring (bicyclic) bond motifs is 7. The van der Waals surface area contributed by atoms with Crippen molar-refractivity contribution in [2.45, 2.75) is 51.4 Å². The molecule has 2 aromatic heterocycles. The Morgan fingerprint density at radius 2 is 0.957 bits per heavy atom. The van der Waals surface area contributed by atoms with Gasteiger partial charge in [-0.25, -0.2) is 0 Å². The highest BCUT2D eigenvalue weighted by Crippen LogP contribution is 2.49. The maximum atomic E-state index is 6.69. The number of rotatable bonds is 4. The maximum Gasteiger partial charge on any atom is 0.137 e. The molecule has 6 aromatic carbocycles. The van der Waals surface area contributed by atoms with Crippen molar-refractivity contribution in [1.29, 1.82) is 0 Å². The van der Waals surface area contributed by atoms with Gasteiger partial charge in [0.1, 0.15) is 22.3 Å². The van der Waals surface area contributed by atoms with Gasteiger partial charge in [0.25, 0.3) is 0 Å². The highest BCUT2D eigenvalue weighted by Gasteiger charge is 2.37. The van der Waals surface area contributed by atoms with E-state index in [-0.39, 0.29) is 10.8 Å². The number of furan rings is 2. The van der Waals surface area contributed by atoms with E-state index in [0.717, 1.165) is 55.6 Å².